The van der Waals surface area contributed by atoms with Crippen LogP contribution in [0.2, 0.25) is 0 Å². The van der Waals surface area contributed by atoms with Gasteiger partial charge in [-0.1, -0.05) is 0 Å². The number of rotatable bonds is 0. The van der Waals surface area contributed by atoms with Crippen LogP contribution in [0.4, 0.5) is 0 Å². The summed E-state index contributed by atoms with van der Waals surface area (Å²) in [5.74, 6) is 0. The van der Waals surface area contributed by atoms with E-state index in [1.165, 1.54) is 0 Å². The third-order valence-electron chi connectivity index (χ3n) is 1.17. The molecule has 0 aromatic rings. The van der Waals surface area contributed by atoms with Gasteiger partial charge < -0.3 is 5.73 Å². The summed E-state index contributed by atoms with van der Waals surface area (Å²) >= 11 is 0. The molecule has 1 rings (SSSR count). The largest absolute Gasteiger partial charge is 0.327 e. The minimum atomic E-state index is 0.387. The molecule has 0 saturated heterocycles. The van der Waals surface area contributed by atoms with Gasteiger partial charge in [-0.25, -0.2) is 0 Å². The number of aliphatic imine (C=N–C) groups is 1. The van der Waals surface area contributed by atoms with E-state index in [2.05, 4.69) is 4.99 Å². The topological polar surface area (TPSA) is 38.4 Å². The minimum absolute atomic E-state index is 0.387. The van der Waals surface area contributed by atoms with E-state index < -0.39 is 0 Å². The normalized spacial score (nSPS) is 30.7. The van der Waals surface area contributed by atoms with Crippen LogP contribution in [0.1, 0.15) is 12.8 Å². The zero-order valence-corrected chi connectivity index (χ0v) is 4.30. The highest BCUT2D eigenvalue weighted by Gasteiger charge is 2.01. The van der Waals surface area contributed by atoms with Crippen LogP contribution in [0.25, 0.3) is 0 Å². The molecule has 1 atom stereocenters. The molecular weight excluding hydrogens is 88.1 g/mol. The van der Waals surface area contributed by atoms with Crippen LogP contribution in [0, 0.1) is 0 Å². The van der Waals surface area contributed by atoms with Crippen molar-refractivity contribution in [2.45, 2.75) is 18.9 Å². The van der Waals surface area contributed by atoms with E-state index in [1.54, 1.807) is 0 Å². The van der Waals surface area contributed by atoms with E-state index in [0.29, 0.717) is 6.04 Å². The number of hydrogen-bond acceptors (Lipinski definition) is 2. The molecule has 2 N–H and O–H groups in total. The van der Waals surface area contributed by atoms with Crippen molar-refractivity contribution in [1.82, 2.24) is 0 Å². The first-order valence-corrected chi connectivity index (χ1v) is 2.63. The first-order chi connectivity index (χ1) is 3.39. The Hall–Kier alpha value is -0.370. The quantitative estimate of drug-likeness (QED) is 0.461. The average Bonchev–Trinajstić information content (AvgIpc) is 1.69. The first-order valence-electron chi connectivity index (χ1n) is 2.63. The predicted octanol–water partition coefficient (Wildman–Crippen LogP) is 0.178. The Kier molecular flexibility index (Phi) is 1.42. The molecule has 0 fully saturated rings. The Bertz CT molecular complexity index is 78.1. The maximum Gasteiger partial charge on any atom is 0.0400 e. The fourth-order valence-electron chi connectivity index (χ4n) is 0.659. The maximum atomic E-state index is 5.54. The Balaban J connectivity index is 2.32. The molecule has 0 aromatic heterocycles. The summed E-state index contributed by atoms with van der Waals surface area (Å²) in [4.78, 5) is 4.02. The van der Waals surface area contributed by atoms with Gasteiger partial charge >= 0.3 is 0 Å². The molecule has 0 spiro atoms. The molecule has 0 radical (unpaired) electrons. The summed E-state index contributed by atoms with van der Waals surface area (Å²) < 4.78 is 0. The molecule has 1 aliphatic heterocycles. The van der Waals surface area contributed by atoms with Crippen molar-refractivity contribution in [3.63, 3.8) is 0 Å². The molecule has 1 aliphatic rings. The van der Waals surface area contributed by atoms with E-state index in [9.17, 15) is 0 Å². The third-order valence-corrected chi connectivity index (χ3v) is 1.17. The van der Waals surface area contributed by atoms with Crippen molar-refractivity contribution in [1.29, 1.82) is 0 Å². The molecule has 40 valence electrons. The van der Waals surface area contributed by atoms with Crippen LogP contribution in [-0.4, -0.2) is 18.8 Å². The molecular formula is C5H10N2. The first kappa shape index (κ1) is 4.78. The standard InChI is InChI=1S/C5H10N2/c6-5-1-3-7-4-2-5/h3,5H,1-2,4,6H2. The number of nitrogens with zero attached hydrogens (tertiary/aromatic N) is 1. The lowest BCUT2D eigenvalue weighted by molar-refractivity contribution is 0.626. The Morgan fingerprint density at radius 3 is 2.86 bits per heavy atom. The average molecular weight is 98.1 g/mol. The van der Waals surface area contributed by atoms with Crippen molar-refractivity contribution in [3.8, 4) is 0 Å². The summed E-state index contributed by atoms with van der Waals surface area (Å²) in [6.07, 6.45) is 3.95. The van der Waals surface area contributed by atoms with E-state index in [0.717, 1.165) is 19.4 Å². The molecule has 7 heavy (non-hydrogen) atoms. The molecule has 1 heterocycles. The van der Waals surface area contributed by atoms with Gasteiger partial charge in [-0.05, 0) is 12.8 Å². The molecule has 2 nitrogen and oxygen atoms in total. The monoisotopic (exact) mass is 98.1 g/mol. The molecule has 0 amide bonds. The van der Waals surface area contributed by atoms with Gasteiger partial charge in [0.25, 0.3) is 0 Å². The van der Waals surface area contributed by atoms with E-state index in [-0.39, 0.29) is 0 Å². The third kappa shape index (κ3) is 1.27. The Morgan fingerprint density at radius 2 is 2.57 bits per heavy atom. The lowest BCUT2D eigenvalue weighted by Crippen LogP contribution is -2.23. The van der Waals surface area contributed by atoms with Gasteiger partial charge in [0.15, 0.2) is 0 Å². The molecule has 0 saturated carbocycles. The van der Waals surface area contributed by atoms with Gasteiger partial charge in [-0.3, -0.25) is 4.99 Å². The molecule has 0 aromatic carbocycles. The molecule has 0 bridgehead atoms. The highest BCUT2D eigenvalue weighted by atomic mass is 14.8. The minimum Gasteiger partial charge on any atom is -0.327 e. The lowest BCUT2D eigenvalue weighted by atomic mass is 10.1. The highest BCUT2D eigenvalue weighted by molar-refractivity contribution is 5.58. The van der Waals surface area contributed by atoms with E-state index in [1.807, 2.05) is 6.21 Å². The molecule has 2 heteroatoms. The van der Waals surface area contributed by atoms with Crippen LogP contribution in [0.15, 0.2) is 4.99 Å². The second-order valence-electron chi connectivity index (χ2n) is 1.87. The number of nitrogens with two attached hydrogens (primary N) is 1. The van der Waals surface area contributed by atoms with Gasteiger partial charge in [0.2, 0.25) is 0 Å². The van der Waals surface area contributed by atoms with Crippen molar-refractivity contribution >= 4 is 6.21 Å². The number of hydrogen-bond donors (Lipinski definition) is 1. The van der Waals surface area contributed by atoms with Crippen LogP contribution in [0.5, 0.6) is 0 Å². The smallest absolute Gasteiger partial charge is 0.0400 e. The zero-order chi connectivity index (χ0) is 5.11. The summed E-state index contributed by atoms with van der Waals surface area (Å²) in [5, 5.41) is 0. The second-order valence-corrected chi connectivity index (χ2v) is 1.87. The summed E-state index contributed by atoms with van der Waals surface area (Å²) in [5.41, 5.74) is 5.54. The van der Waals surface area contributed by atoms with E-state index >= 15 is 0 Å². The van der Waals surface area contributed by atoms with Gasteiger partial charge in [-0.2, -0.15) is 0 Å². The van der Waals surface area contributed by atoms with Crippen LogP contribution >= 0.6 is 0 Å². The molecule has 0 aliphatic carbocycles. The highest BCUT2D eigenvalue weighted by Crippen LogP contribution is 1.97. The second kappa shape index (κ2) is 2.07. The van der Waals surface area contributed by atoms with Crippen molar-refractivity contribution < 1.29 is 0 Å². The fourth-order valence-corrected chi connectivity index (χ4v) is 0.659. The SMILES string of the molecule is NC1CC=NCC1. The van der Waals surface area contributed by atoms with Crippen molar-refractivity contribution in [2.24, 2.45) is 10.7 Å². The van der Waals surface area contributed by atoms with E-state index in [4.69, 9.17) is 5.73 Å². The van der Waals surface area contributed by atoms with Gasteiger partial charge in [0, 0.05) is 18.8 Å². The zero-order valence-electron chi connectivity index (χ0n) is 4.30. The Labute approximate surface area is 43.4 Å². The summed E-state index contributed by atoms with van der Waals surface area (Å²) in [6, 6.07) is 0.387. The summed E-state index contributed by atoms with van der Waals surface area (Å²) in [6.45, 7) is 0.932. The fraction of sp³-hybridized carbons (Fsp3) is 0.800. The van der Waals surface area contributed by atoms with Crippen LogP contribution in [0.3, 0.4) is 0 Å². The summed E-state index contributed by atoms with van der Waals surface area (Å²) in [7, 11) is 0. The van der Waals surface area contributed by atoms with Gasteiger partial charge in [-0.15, -0.1) is 0 Å². The van der Waals surface area contributed by atoms with Crippen LogP contribution in [-0.2, 0) is 0 Å². The van der Waals surface area contributed by atoms with Gasteiger partial charge in [0.1, 0.15) is 0 Å². The van der Waals surface area contributed by atoms with Crippen molar-refractivity contribution in [3.05, 3.63) is 0 Å². The maximum absolute atomic E-state index is 5.54. The van der Waals surface area contributed by atoms with Gasteiger partial charge in [0.05, 0.1) is 0 Å². The lowest BCUT2D eigenvalue weighted by Gasteiger charge is -2.09. The Morgan fingerprint density at radius 1 is 1.71 bits per heavy atom. The van der Waals surface area contributed by atoms with Crippen molar-refractivity contribution in [2.75, 3.05) is 6.54 Å². The van der Waals surface area contributed by atoms with Crippen LogP contribution < -0.4 is 5.73 Å². The molecule has 1 unspecified atom stereocenters. The predicted molar refractivity (Wildman–Crippen MR) is 30.6 cm³/mol.